The summed E-state index contributed by atoms with van der Waals surface area (Å²) in [6, 6.07) is 0. The Kier molecular flexibility index (Phi) is 7.87. The second kappa shape index (κ2) is 9.16. The van der Waals surface area contributed by atoms with Gasteiger partial charge in [-0.05, 0) is 0 Å². The van der Waals surface area contributed by atoms with Gasteiger partial charge in [0.1, 0.15) is 6.10 Å². The van der Waals surface area contributed by atoms with Gasteiger partial charge in [0.25, 0.3) is 0 Å². The molecule has 1 heterocycles. The minimum Gasteiger partial charge on any atom is -0.456 e. The van der Waals surface area contributed by atoms with E-state index in [2.05, 4.69) is 0 Å². The number of esters is 4. The number of ether oxygens (including phenoxy) is 5. The molecule has 0 radical (unpaired) electrons. The molecule has 10 heteroatoms. The second-order valence-electron chi connectivity index (χ2n) is 5.03. The molecule has 1 unspecified atom stereocenters. The van der Waals surface area contributed by atoms with Gasteiger partial charge in [-0.2, -0.15) is 0 Å². The van der Waals surface area contributed by atoms with E-state index in [0.29, 0.717) is 4.43 Å². The SMILES string of the molecule is CC(=O)O[C@@H]1OC(CI)[C@@H](OC(C)=O)[C@H](OC(C)=O)[C@H]1OC(C)=O. The molecular formula is C14H19IO9. The third-order valence-corrected chi connectivity index (χ3v) is 3.80. The van der Waals surface area contributed by atoms with Crippen LogP contribution in [0.15, 0.2) is 0 Å². The fourth-order valence-electron chi connectivity index (χ4n) is 2.24. The normalized spacial score (nSPS) is 29.3. The van der Waals surface area contributed by atoms with Crippen molar-refractivity contribution in [2.75, 3.05) is 4.43 Å². The lowest BCUT2D eigenvalue weighted by atomic mass is 9.99. The van der Waals surface area contributed by atoms with Gasteiger partial charge in [-0.25, -0.2) is 0 Å². The van der Waals surface area contributed by atoms with Crippen LogP contribution in [-0.2, 0) is 42.9 Å². The molecule has 24 heavy (non-hydrogen) atoms. The van der Waals surface area contributed by atoms with E-state index in [-0.39, 0.29) is 0 Å². The Morgan fingerprint density at radius 1 is 0.750 bits per heavy atom. The molecule has 0 spiro atoms. The number of hydrogen-bond acceptors (Lipinski definition) is 9. The summed E-state index contributed by atoms with van der Waals surface area (Å²) >= 11 is 1.98. The van der Waals surface area contributed by atoms with E-state index in [1.807, 2.05) is 22.6 Å². The molecule has 9 nitrogen and oxygen atoms in total. The van der Waals surface area contributed by atoms with Crippen molar-refractivity contribution >= 4 is 46.5 Å². The van der Waals surface area contributed by atoms with Gasteiger partial charge < -0.3 is 23.7 Å². The maximum atomic E-state index is 11.4. The number of alkyl halides is 1. The van der Waals surface area contributed by atoms with E-state index in [1.165, 1.54) is 6.92 Å². The van der Waals surface area contributed by atoms with E-state index in [4.69, 9.17) is 23.7 Å². The average molecular weight is 458 g/mol. The smallest absolute Gasteiger partial charge is 0.305 e. The van der Waals surface area contributed by atoms with Gasteiger partial charge in [0.2, 0.25) is 12.4 Å². The number of carbonyl (C=O) groups is 4. The molecule has 1 saturated heterocycles. The highest BCUT2D eigenvalue weighted by molar-refractivity contribution is 14.1. The molecule has 1 aliphatic heterocycles. The summed E-state index contributed by atoms with van der Waals surface area (Å²) < 4.78 is 26.5. The molecule has 1 aliphatic rings. The van der Waals surface area contributed by atoms with Crippen LogP contribution in [-0.4, -0.2) is 59.0 Å². The molecule has 0 bridgehead atoms. The molecular weight excluding hydrogens is 439 g/mol. The lowest BCUT2D eigenvalue weighted by Crippen LogP contribution is -2.62. The Morgan fingerprint density at radius 2 is 1.17 bits per heavy atom. The minimum absolute atomic E-state index is 0.345. The van der Waals surface area contributed by atoms with Crippen LogP contribution < -0.4 is 0 Å². The molecule has 1 fully saturated rings. The quantitative estimate of drug-likeness (QED) is 0.252. The Labute approximate surface area is 152 Å². The molecule has 1 rings (SSSR count). The van der Waals surface area contributed by atoms with E-state index >= 15 is 0 Å². The molecule has 0 aromatic rings. The zero-order chi connectivity index (χ0) is 18.4. The first kappa shape index (κ1) is 20.6. The summed E-state index contributed by atoms with van der Waals surface area (Å²) in [5.74, 6) is -2.67. The molecule has 0 saturated carbocycles. The van der Waals surface area contributed by atoms with E-state index < -0.39 is 54.6 Å². The van der Waals surface area contributed by atoms with Crippen LogP contribution in [0.25, 0.3) is 0 Å². The third-order valence-electron chi connectivity index (χ3n) is 2.93. The topological polar surface area (TPSA) is 114 Å². The van der Waals surface area contributed by atoms with Crippen LogP contribution in [0.1, 0.15) is 27.7 Å². The van der Waals surface area contributed by atoms with Crippen LogP contribution in [0, 0.1) is 0 Å². The van der Waals surface area contributed by atoms with Crippen molar-refractivity contribution in [2.24, 2.45) is 0 Å². The van der Waals surface area contributed by atoms with Crippen molar-refractivity contribution in [1.82, 2.24) is 0 Å². The predicted molar refractivity (Wildman–Crippen MR) is 86.0 cm³/mol. The van der Waals surface area contributed by atoms with Crippen LogP contribution in [0.3, 0.4) is 0 Å². The molecule has 0 aliphatic carbocycles. The highest BCUT2D eigenvalue weighted by atomic mass is 127. The van der Waals surface area contributed by atoms with Gasteiger partial charge >= 0.3 is 23.9 Å². The van der Waals surface area contributed by atoms with E-state index in [1.54, 1.807) is 0 Å². The van der Waals surface area contributed by atoms with Gasteiger partial charge in [-0.3, -0.25) is 19.2 Å². The highest BCUT2D eigenvalue weighted by Crippen LogP contribution is 2.30. The zero-order valence-corrected chi connectivity index (χ0v) is 15.8. The Hall–Kier alpha value is -1.43. The fourth-order valence-corrected chi connectivity index (χ4v) is 2.95. The zero-order valence-electron chi connectivity index (χ0n) is 13.6. The lowest BCUT2D eigenvalue weighted by Gasteiger charge is -2.43. The number of halogens is 1. The fraction of sp³-hybridized carbons (Fsp3) is 0.714. The summed E-state index contributed by atoms with van der Waals surface area (Å²) in [4.78, 5) is 45.5. The minimum atomic E-state index is -1.29. The maximum absolute atomic E-state index is 11.4. The first-order valence-corrected chi connectivity index (χ1v) is 8.58. The summed E-state index contributed by atoms with van der Waals surface area (Å²) in [6.07, 6.45) is -5.47. The van der Waals surface area contributed by atoms with Crippen LogP contribution in [0.5, 0.6) is 0 Å². The maximum Gasteiger partial charge on any atom is 0.305 e. The number of rotatable bonds is 5. The van der Waals surface area contributed by atoms with Crippen molar-refractivity contribution in [1.29, 1.82) is 0 Å². The summed E-state index contributed by atoms with van der Waals surface area (Å²) in [6.45, 7) is 4.65. The highest BCUT2D eigenvalue weighted by Gasteiger charge is 2.52. The Bertz CT molecular complexity index is 506. The van der Waals surface area contributed by atoms with Crippen molar-refractivity contribution < 1.29 is 42.9 Å². The molecule has 0 aromatic carbocycles. The standard InChI is InChI=1S/C14H19IO9/c1-6(16)20-11-10(5-15)24-14(23-9(4)19)13(22-8(3)18)12(11)21-7(2)17/h10-14H,5H2,1-4H3/t10?,11-,12+,13-,14-/m1/s1. The van der Waals surface area contributed by atoms with Gasteiger partial charge in [-0.15, -0.1) is 0 Å². The van der Waals surface area contributed by atoms with Crippen molar-refractivity contribution in [2.45, 2.75) is 58.4 Å². The first-order valence-electron chi connectivity index (χ1n) is 7.06. The van der Waals surface area contributed by atoms with E-state index in [0.717, 1.165) is 20.8 Å². The largest absolute Gasteiger partial charge is 0.456 e. The predicted octanol–water partition coefficient (Wildman–Crippen LogP) is 0.504. The average Bonchev–Trinajstić information content (AvgIpc) is 2.42. The number of hydrogen-bond donors (Lipinski definition) is 0. The monoisotopic (exact) mass is 458 g/mol. The van der Waals surface area contributed by atoms with Gasteiger partial charge in [0.05, 0.1) is 0 Å². The summed E-state index contributed by atoms with van der Waals surface area (Å²) in [5, 5.41) is 0. The summed E-state index contributed by atoms with van der Waals surface area (Å²) in [5.41, 5.74) is 0. The van der Waals surface area contributed by atoms with Crippen LogP contribution in [0.4, 0.5) is 0 Å². The molecule has 136 valence electrons. The van der Waals surface area contributed by atoms with Gasteiger partial charge in [0, 0.05) is 32.1 Å². The molecule has 5 atom stereocenters. The second-order valence-corrected chi connectivity index (χ2v) is 5.91. The van der Waals surface area contributed by atoms with Gasteiger partial charge in [-0.1, -0.05) is 22.6 Å². The number of carbonyl (C=O) groups excluding carboxylic acids is 4. The first-order chi connectivity index (χ1) is 11.1. The molecule has 0 N–H and O–H groups in total. The van der Waals surface area contributed by atoms with Gasteiger partial charge in [0.15, 0.2) is 12.2 Å². The van der Waals surface area contributed by atoms with Crippen molar-refractivity contribution in [3.05, 3.63) is 0 Å². The van der Waals surface area contributed by atoms with Crippen LogP contribution >= 0.6 is 22.6 Å². The Morgan fingerprint density at radius 3 is 1.58 bits per heavy atom. The third kappa shape index (κ3) is 5.89. The lowest BCUT2D eigenvalue weighted by molar-refractivity contribution is -0.291. The molecule has 0 aromatic heterocycles. The molecule has 0 amide bonds. The van der Waals surface area contributed by atoms with Crippen LogP contribution in [0.2, 0.25) is 0 Å². The summed E-state index contributed by atoms with van der Waals surface area (Å²) in [7, 11) is 0. The van der Waals surface area contributed by atoms with E-state index in [9.17, 15) is 19.2 Å². The van der Waals surface area contributed by atoms with Crippen molar-refractivity contribution in [3.63, 3.8) is 0 Å². The Balaban J connectivity index is 3.23. The van der Waals surface area contributed by atoms with Crippen molar-refractivity contribution in [3.8, 4) is 0 Å².